The van der Waals surface area contributed by atoms with E-state index in [0.717, 1.165) is 12.2 Å². The van der Waals surface area contributed by atoms with Crippen molar-refractivity contribution in [2.75, 3.05) is 5.75 Å². The highest BCUT2D eigenvalue weighted by atomic mass is 32.2. The van der Waals surface area contributed by atoms with Gasteiger partial charge in [0.25, 0.3) is 0 Å². The molecule has 0 spiro atoms. The van der Waals surface area contributed by atoms with E-state index in [1.807, 2.05) is 19.4 Å². The quantitative estimate of drug-likeness (QED) is 0.385. The number of hydrogen-bond acceptors (Lipinski definition) is 2. The standard InChI is InChI=1S/C8H10N2S/c1-3-4-5-11-8-6-9-10(2)7-8/h1,6-7H,4-5H2,2H3. The minimum atomic E-state index is 0.819. The summed E-state index contributed by atoms with van der Waals surface area (Å²) in [6.07, 6.45) is 9.77. The van der Waals surface area contributed by atoms with Gasteiger partial charge in [-0.2, -0.15) is 5.10 Å². The molecule has 0 fully saturated rings. The molecule has 0 aliphatic rings. The third-order valence-corrected chi connectivity index (χ3v) is 2.15. The summed E-state index contributed by atoms with van der Waals surface area (Å²) >= 11 is 1.74. The van der Waals surface area contributed by atoms with Gasteiger partial charge in [-0.05, 0) is 0 Å². The second kappa shape index (κ2) is 4.09. The van der Waals surface area contributed by atoms with Crippen LogP contribution in [0.4, 0.5) is 0 Å². The van der Waals surface area contributed by atoms with Crippen molar-refractivity contribution >= 4 is 11.8 Å². The Morgan fingerprint density at radius 1 is 1.82 bits per heavy atom. The summed E-state index contributed by atoms with van der Waals surface area (Å²) in [6, 6.07) is 0. The van der Waals surface area contributed by atoms with Gasteiger partial charge >= 0.3 is 0 Å². The van der Waals surface area contributed by atoms with E-state index in [2.05, 4.69) is 11.0 Å². The van der Waals surface area contributed by atoms with Crippen molar-refractivity contribution in [3.63, 3.8) is 0 Å². The Labute approximate surface area is 71.0 Å². The predicted molar refractivity (Wildman–Crippen MR) is 47.4 cm³/mol. The van der Waals surface area contributed by atoms with E-state index in [-0.39, 0.29) is 0 Å². The molecule has 0 bridgehead atoms. The zero-order valence-corrected chi connectivity index (χ0v) is 7.27. The SMILES string of the molecule is C#CCCSc1cnn(C)c1. The highest BCUT2D eigenvalue weighted by Gasteiger charge is 1.94. The lowest BCUT2D eigenvalue weighted by Gasteiger charge is -1.90. The zero-order chi connectivity index (χ0) is 8.10. The molecule has 11 heavy (non-hydrogen) atoms. The van der Waals surface area contributed by atoms with Crippen LogP contribution >= 0.6 is 11.8 Å². The molecule has 0 amide bonds. The lowest BCUT2D eigenvalue weighted by Crippen LogP contribution is -1.83. The molecule has 0 saturated heterocycles. The minimum Gasteiger partial charge on any atom is -0.275 e. The first kappa shape index (κ1) is 8.22. The van der Waals surface area contributed by atoms with Crippen LogP contribution in [0.15, 0.2) is 17.3 Å². The lowest BCUT2D eigenvalue weighted by atomic mass is 10.5. The summed E-state index contributed by atoms with van der Waals surface area (Å²) in [4.78, 5) is 1.18. The van der Waals surface area contributed by atoms with Crippen molar-refractivity contribution in [1.82, 2.24) is 9.78 Å². The Morgan fingerprint density at radius 3 is 3.18 bits per heavy atom. The first-order valence-corrected chi connectivity index (χ1v) is 4.36. The van der Waals surface area contributed by atoms with Crippen molar-refractivity contribution in [2.24, 2.45) is 7.05 Å². The maximum Gasteiger partial charge on any atom is 0.0625 e. The highest BCUT2D eigenvalue weighted by Crippen LogP contribution is 2.16. The Morgan fingerprint density at radius 2 is 2.64 bits per heavy atom. The first-order chi connectivity index (χ1) is 5.33. The fourth-order valence-corrected chi connectivity index (χ4v) is 1.51. The van der Waals surface area contributed by atoms with Crippen LogP contribution in [0.1, 0.15) is 6.42 Å². The van der Waals surface area contributed by atoms with Crippen molar-refractivity contribution < 1.29 is 0 Å². The van der Waals surface area contributed by atoms with Crippen molar-refractivity contribution in [3.05, 3.63) is 12.4 Å². The molecule has 0 aliphatic carbocycles. The fourth-order valence-electron chi connectivity index (χ4n) is 0.701. The second-order valence-corrected chi connectivity index (χ2v) is 3.32. The van der Waals surface area contributed by atoms with E-state index >= 15 is 0 Å². The maximum atomic E-state index is 5.11. The fraction of sp³-hybridized carbons (Fsp3) is 0.375. The summed E-state index contributed by atoms with van der Waals surface area (Å²) in [5.41, 5.74) is 0. The molecule has 2 nitrogen and oxygen atoms in total. The van der Waals surface area contributed by atoms with E-state index in [9.17, 15) is 0 Å². The van der Waals surface area contributed by atoms with E-state index in [1.165, 1.54) is 4.90 Å². The van der Waals surface area contributed by atoms with E-state index < -0.39 is 0 Å². The van der Waals surface area contributed by atoms with Crippen LogP contribution in [0.25, 0.3) is 0 Å². The summed E-state index contributed by atoms with van der Waals surface area (Å²) < 4.78 is 1.79. The molecule has 1 aromatic heterocycles. The van der Waals surface area contributed by atoms with E-state index in [0.29, 0.717) is 0 Å². The minimum absolute atomic E-state index is 0.819. The van der Waals surface area contributed by atoms with Crippen LogP contribution in [0, 0.1) is 12.3 Å². The van der Waals surface area contributed by atoms with Gasteiger partial charge in [-0.25, -0.2) is 0 Å². The van der Waals surface area contributed by atoms with E-state index in [1.54, 1.807) is 16.4 Å². The Balaban J connectivity index is 2.34. The molecule has 0 N–H and O–H groups in total. The number of nitrogens with zero attached hydrogens (tertiary/aromatic N) is 2. The van der Waals surface area contributed by atoms with Gasteiger partial charge in [0.15, 0.2) is 0 Å². The maximum absolute atomic E-state index is 5.11. The van der Waals surface area contributed by atoms with Crippen molar-refractivity contribution in [1.29, 1.82) is 0 Å². The molecule has 0 atom stereocenters. The predicted octanol–water partition coefficient (Wildman–Crippen LogP) is 1.54. The summed E-state index contributed by atoms with van der Waals surface area (Å²) in [5, 5.41) is 4.04. The smallest absolute Gasteiger partial charge is 0.0625 e. The Bertz CT molecular complexity index is 259. The van der Waals surface area contributed by atoms with Gasteiger partial charge in [-0.3, -0.25) is 4.68 Å². The summed E-state index contributed by atoms with van der Waals surface area (Å²) in [5.74, 6) is 3.57. The van der Waals surface area contributed by atoms with Crippen molar-refractivity contribution in [2.45, 2.75) is 11.3 Å². The number of hydrogen-bond donors (Lipinski definition) is 0. The number of aromatic nitrogens is 2. The van der Waals surface area contributed by atoms with Crippen LogP contribution in [-0.4, -0.2) is 15.5 Å². The lowest BCUT2D eigenvalue weighted by molar-refractivity contribution is 0.766. The van der Waals surface area contributed by atoms with Gasteiger partial charge in [-0.1, -0.05) is 0 Å². The average Bonchev–Trinajstić information content (AvgIpc) is 2.37. The van der Waals surface area contributed by atoms with Gasteiger partial charge in [0, 0.05) is 30.3 Å². The molecule has 3 heteroatoms. The van der Waals surface area contributed by atoms with Gasteiger partial charge in [0.1, 0.15) is 0 Å². The molecular formula is C8H10N2S. The molecule has 1 aromatic rings. The normalized spacial score (nSPS) is 9.45. The van der Waals surface area contributed by atoms with Crippen LogP contribution in [0.3, 0.4) is 0 Å². The number of terminal acetylenes is 1. The third kappa shape index (κ3) is 2.69. The highest BCUT2D eigenvalue weighted by molar-refractivity contribution is 7.99. The topological polar surface area (TPSA) is 17.8 Å². The molecule has 0 aromatic carbocycles. The van der Waals surface area contributed by atoms with Gasteiger partial charge in [-0.15, -0.1) is 24.1 Å². The molecule has 0 radical (unpaired) electrons. The van der Waals surface area contributed by atoms with E-state index in [4.69, 9.17) is 6.42 Å². The average molecular weight is 166 g/mol. The van der Waals surface area contributed by atoms with Crippen LogP contribution in [0.2, 0.25) is 0 Å². The molecule has 0 saturated carbocycles. The van der Waals surface area contributed by atoms with Gasteiger partial charge in [0.05, 0.1) is 6.20 Å². The summed E-state index contributed by atoms with van der Waals surface area (Å²) in [6.45, 7) is 0. The van der Waals surface area contributed by atoms with Gasteiger partial charge < -0.3 is 0 Å². The van der Waals surface area contributed by atoms with Crippen LogP contribution in [-0.2, 0) is 7.05 Å². The summed E-state index contributed by atoms with van der Waals surface area (Å²) in [7, 11) is 1.91. The number of rotatable bonds is 3. The van der Waals surface area contributed by atoms with Crippen LogP contribution < -0.4 is 0 Å². The van der Waals surface area contributed by atoms with Gasteiger partial charge in [0.2, 0.25) is 0 Å². The first-order valence-electron chi connectivity index (χ1n) is 3.38. The molecule has 0 aliphatic heterocycles. The Hall–Kier alpha value is -0.880. The zero-order valence-electron chi connectivity index (χ0n) is 6.45. The number of aryl methyl sites for hydroxylation is 1. The van der Waals surface area contributed by atoms with Crippen molar-refractivity contribution in [3.8, 4) is 12.3 Å². The number of thioether (sulfide) groups is 1. The monoisotopic (exact) mass is 166 g/mol. The van der Waals surface area contributed by atoms with Crippen LogP contribution in [0.5, 0.6) is 0 Å². The molecule has 58 valence electrons. The molecule has 1 rings (SSSR count). The Kier molecular flexibility index (Phi) is 3.06. The molecule has 1 heterocycles. The largest absolute Gasteiger partial charge is 0.275 e. The molecular weight excluding hydrogens is 156 g/mol. The third-order valence-electron chi connectivity index (χ3n) is 1.20. The molecule has 0 unspecified atom stereocenters. The second-order valence-electron chi connectivity index (χ2n) is 2.15.